The van der Waals surface area contributed by atoms with Crippen LogP contribution in [0.25, 0.3) is 0 Å². The second kappa shape index (κ2) is 34.3. The van der Waals surface area contributed by atoms with Crippen LogP contribution >= 0.6 is 15.6 Å². The molecule has 6 heterocycles. The van der Waals surface area contributed by atoms with E-state index in [9.17, 15) is 37.3 Å². The van der Waals surface area contributed by atoms with Crippen molar-refractivity contribution in [2.24, 2.45) is 0 Å². The van der Waals surface area contributed by atoms with Gasteiger partial charge in [-0.2, -0.15) is 9.97 Å². The summed E-state index contributed by atoms with van der Waals surface area (Å²) in [6.07, 6.45) is 1.85. The summed E-state index contributed by atoms with van der Waals surface area (Å²) < 4.78 is 104. The van der Waals surface area contributed by atoms with Crippen molar-refractivity contribution < 1.29 is 186 Å². The first-order valence-electron chi connectivity index (χ1n) is 22.8. The zero-order chi connectivity index (χ0) is 58.5. The molecule has 36 nitrogen and oxygen atoms in total. The molecule has 2 atom stereocenters. The third-order valence-electron chi connectivity index (χ3n) is 11.0. The minimum atomic E-state index is -5.16. The molecule has 0 spiro atoms. The number of nitrogens with zero attached hydrogens (tertiary/aromatic N) is 8. The molecule has 0 bridgehead atoms. The summed E-state index contributed by atoms with van der Waals surface area (Å²) in [4.78, 5) is 92.5. The maximum atomic E-state index is 14.7. The Morgan fingerprint density at radius 3 is 1.11 bits per heavy atom. The van der Waals surface area contributed by atoms with E-state index in [1.54, 1.807) is 24.3 Å². The number of anilines is 10. The largest absolute Gasteiger partial charge is 1.00 e. The number of nitrogens with one attached hydrogen (secondary N) is 4. The third kappa shape index (κ3) is 20.1. The predicted molar refractivity (Wildman–Crippen MR) is 295 cm³/mol. The molecule has 0 radical (unpaired) electrons. The van der Waals surface area contributed by atoms with E-state index < -0.39 is 63.8 Å². The summed E-state index contributed by atoms with van der Waals surface area (Å²) in [5.74, 6) is -1.36. The summed E-state index contributed by atoms with van der Waals surface area (Å²) in [6.45, 7) is 4.13. The summed E-state index contributed by atoms with van der Waals surface area (Å²) in [6, 6.07) is 12.2. The van der Waals surface area contributed by atoms with E-state index in [4.69, 9.17) is 47.7 Å². The van der Waals surface area contributed by atoms with E-state index in [-0.39, 0.29) is 150 Å². The molecule has 88 heavy (non-hydrogen) atoms. The number of benzene rings is 2. The van der Waals surface area contributed by atoms with Crippen molar-refractivity contribution in [3.63, 3.8) is 0 Å². The standard InChI is InChI=1S/2C23H26FN6O9P.2Na.6H2O/c2*1-23(2)21(31)30(11-38-40(32,33)34)20-14(39-23)6-7-17(28-20)27-19-13(24)10-25-22(29-19)26-12-8-15(35-3)18(37-5)16(9-12)36-4;;;;;;;;/h2*6-10H,11H2,1-5H3,(H2,32,33,34)(H2,25,26,27,28,29);;;6*1H2/q;;2*+1;;;;;;/p-2. The third-order valence-corrected chi connectivity index (χ3v) is 11.8. The number of ether oxygens (including phenoxy) is 8. The first-order chi connectivity index (χ1) is 37.7. The molecule has 0 fully saturated rings. The average Bonchev–Trinajstić information content (AvgIpc) is 3.40. The molecule has 8 rings (SSSR count). The van der Waals surface area contributed by atoms with Crippen molar-refractivity contribution in [3.05, 3.63) is 72.6 Å². The molecule has 18 N–H and O–H groups in total. The van der Waals surface area contributed by atoms with Crippen LogP contribution in [0.5, 0.6) is 46.0 Å². The maximum absolute atomic E-state index is 14.7. The van der Waals surface area contributed by atoms with Gasteiger partial charge in [0.1, 0.15) is 25.1 Å². The quantitative estimate of drug-likeness (QED) is 0.0306. The Bertz CT molecular complexity index is 3170. The van der Waals surface area contributed by atoms with Crippen LogP contribution in [0.4, 0.5) is 67.0 Å². The van der Waals surface area contributed by atoms with Gasteiger partial charge >= 0.3 is 59.1 Å². The van der Waals surface area contributed by atoms with E-state index in [0.717, 1.165) is 22.2 Å². The Kier molecular flexibility index (Phi) is 32.5. The molecule has 2 aromatic carbocycles. The number of carbonyl (C=O) groups excluding carboxylic acids is 2. The van der Waals surface area contributed by atoms with Crippen molar-refractivity contribution in [2.45, 2.75) is 38.9 Å². The van der Waals surface area contributed by atoms with Crippen LogP contribution < -0.4 is 138 Å². The number of halogens is 2. The summed E-state index contributed by atoms with van der Waals surface area (Å²) in [5.41, 5.74) is -1.87. The topological polar surface area (TPSA) is 568 Å². The molecule has 0 saturated heterocycles. The number of rotatable bonds is 20. The van der Waals surface area contributed by atoms with Crippen molar-refractivity contribution in [1.82, 2.24) is 29.9 Å². The fraction of sp³-hybridized carbons (Fsp3) is 0.304. The van der Waals surface area contributed by atoms with Gasteiger partial charge in [0, 0.05) is 35.6 Å². The monoisotopic (exact) mass is 1310 g/mol. The minimum Gasteiger partial charge on any atom is -0.756 e. The second-order valence-electron chi connectivity index (χ2n) is 17.3. The van der Waals surface area contributed by atoms with Crippen LogP contribution in [-0.4, -0.2) is 152 Å². The van der Waals surface area contributed by atoms with E-state index in [2.05, 4.69) is 60.2 Å². The molecule has 2 aliphatic heterocycles. The average molecular weight is 1310 g/mol. The zero-order valence-electron chi connectivity index (χ0n) is 48.8. The Hall–Kier alpha value is -6.72. The Morgan fingerprint density at radius 2 is 0.841 bits per heavy atom. The van der Waals surface area contributed by atoms with E-state index in [0.29, 0.717) is 45.9 Å². The molecule has 0 saturated carbocycles. The maximum Gasteiger partial charge on any atom is 1.00 e. The summed E-state index contributed by atoms with van der Waals surface area (Å²) in [7, 11) is -1.56. The molecule has 2 amide bonds. The van der Waals surface area contributed by atoms with E-state index in [1.165, 1.54) is 94.6 Å². The van der Waals surface area contributed by atoms with Crippen molar-refractivity contribution >= 4 is 85.6 Å². The van der Waals surface area contributed by atoms with Gasteiger partial charge < -0.3 is 112 Å². The Balaban J connectivity index is 0. The van der Waals surface area contributed by atoms with Gasteiger partial charge in [-0.25, -0.2) is 28.7 Å². The van der Waals surface area contributed by atoms with Gasteiger partial charge in [-0.05, 0) is 52.0 Å². The number of aromatic nitrogens is 6. The van der Waals surface area contributed by atoms with Gasteiger partial charge in [-0.15, -0.1) is 0 Å². The van der Waals surface area contributed by atoms with Gasteiger partial charge in [0.15, 0.2) is 80.6 Å². The molecule has 4 aromatic heterocycles. The first kappa shape index (κ1) is 83.3. The summed E-state index contributed by atoms with van der Waals surface area (Å²) in [5, 5.41) is 11.2. The number of phosphoric acid groups is 2. The smallest absolute Gasteiger partial charge is 0.756 e. The minimum absolute atomic E-state index is 0. The number of fused-ring (bicyclic) bond motifs is 2. The second-order valence-corrected chi connectivity index (χ2v) is 19.7. The number of methoxy groups -OCH3 is 6. The Morgan fingerprint density at radius 1 is 0.534 bits per heavy atom. The van der Waals surface area contributed by atoms with Crippen LogP contribution in [0.2, 0.25) is 0 Å². The van der Waals surface area contributed by atoms with Gasteiger partial charge in [0.2, 0.25) is 23.4 Å². The normalized spacial score (nSPS) is 14.0. The molecular formula is C46H62F2N12Na2O24P2. The number of amides is 2. The number of carbonyl (C=O) groups is 2. The van der Waals surface area contributed by atoms with Crippen LogP contribution in [0.1, 0.15) is 27.7 Å². The zero-order valence-corrected chi connectivity index (χ0v) is 54.6. The van der Waals surface area contributed by atoms with Gasteiger partial charge in [0.05, 0.1) is 55.1 Å². The molecule has 0 aliphatic carbocycles. The van der Waals surface area contributed by atoms with Crippen LogP contribution in [-0.2, 0) is 27.8 Å². The first-order valence-corrected chi connectivity index (χ1v) is 25.8. The molecule has 2 aliphatic rings. The SMILES string of the molecule is COc1cc(Nc2ncc(F)c(Nc3ccc4c(n3)N(COP(=O)([O-])O)C(=O)C(C)(C)O4)n2)cc(OC)c1OC.COc1cc(Nc2ncc(F)c(Nc3ccc4c(n3)N(COP(=O)([O-])O)C(=O)C(C)(C)O4)n2)cc(OC)c1OC.O.O.O.O.O.O.[Na+].[Na+]. The van der Waals surface area contributed by atoms with Gasteiger partial charge in [0.25, 0.3) is 27.5 Å². The number of hydrogen-bond acceptors (Lipinski definition) is 26. The fourth-order valence-electron chi connectivity index (χ4n) is 7.37. The molecule has 2 unspecified atom stereocenters. The van der Waals surface area contributed by atoms with Gasteiger partial charge in [-0.1, -0.05) is 0 Å². The van der Waals surface area contributed by atoms with Gasteiger partial charge in [-0.3, -0.25) is 37.6 Å². The number of pyridine rings is 2. The van der Waals surface area contributed by atoms with Crippen molar-refractivity contribution in [3.8, 4) is 46.0 Å². The van der Waals surface area contributed by atoms with Crippen LogP contribution in [0.3, 0.4) is 0 Å². The molecule has 476 valence electrons. The van der Waals surface area contributed by atoms with Crippen molar-refractivity contribution in [2.75, 3.05) is 87.2 Å². The molecule has 42 heteroatoms. The predicted octanol–water partition coefficient (Wildman–Crippen LogP) is -6.02. The van der Waals surface area contributed by atoms with Crippen molar-refractivity contribution in [1.29, 1.82) is 0 Å². The number of hydrogen-bond donors (Lipinski definition) is 6. The number of phosphoric ester groups is 2. The van der Waals surface area contributed by atoms with E-state index >= 15 is 0 Å². The Labute approximate surface area is 542 Å². The van der Waals surface area contributed by atoms with Crippen LogP contribution in [0, 0.1) is 11.6 Å². The van der Waals surface area contributed by atoms with E-state index in [1.807, 2.05) is 0 Å². The van der Waals surface area contributed by atoms with Crippen LogP contribution in [0.15, 0.2) is 60.9 Å². The molecule has 6 aromatic rings. The molecular weight excluding hydrogens is 1250 g/mol. The fourth-order valence-corrected chi connectivity index (χ4v) is 7.90. The summed E-state index contributed by atoms with van der Waals surface area (Å²) >= 11 is 0.